The average molecular weight is 616 g/mol. The Bertz CT molecular complexity index is 1410. The van der Waals surface area contributed by atoms with Crippen molar-refractivity contribution >= 4 is 44.5 Å². The van der Waals surface area contributed by atoms with Crippen molar-refractivity contribution in [1.82, 2.24) is 4.57 Å². The minimum atomic E-state index is -6.09. The van der Waals surface area contributed by atoms with Crippen LogP contribution in [0.3, 0.4) is 0 Å². The van der Waals surface area contributed by atoms with Crippen molar-refractivity contribution in [2.75, 3.05) is 0 Å². The van der Waals surface area contributed by atoms with Crippen LogP contribution in [0.25, 0.3) is 24.3 Å². The number of nitrogens with zero attached hydrogens (tertiary/aromatic N) is 3. The van der Waals surface area contributed by atoms with Gasteiger partial charge < -0.3 is 13.7 Å². The Morgan fingerprint density at radius 1 is 0.625 bits per heavy atom. The molecule has 0 saturated heterocycles. The molecule has 0 saturated carbocycles. The van der Waals surface area contributed by atoms with Gasteiger partial charge in [0.05, 0.1) is 0 Å². The summed E-state index contributed by atoms with van der Waals surface area (Å²) in [6, 6.07) is 12.7. The van der Waals surface area contributed by atoms with E-state index in [2.05, 4.69) is 97.1 Å². The Morgan fingerprint density at radius 3 is 1.10 bits per heavy atom. The van der Waals surface area contributed by atoms with Crippen LogP contribution in [-0.4, -0.2) is 41.5 Å². The number of rotatable bonds is 4. The van der Waals surface area contributed by atoms with Crippen molar-refractivity contribution < 1.29 is 61.4 Å². The van der Waals surface area contributed by atoms with E-state index >= 15 is 0 Å². The second-order valence-corrected chi connectivity index (χ2v) is 10.5. The molecule has 3 heterocycles. The Morgan fingerprint density at radius 2 is 0.875 bits per heavy atom. The van der Waals surface area contributed by atoms with Crippen LogP contribution in [0.5, 0.6) is 0 Å². The van der Waals surface area contributed by atoms with Crippen molar-refractivity contribution in [1.29, 1.82) is 0 Å². The van der Waals surface area contributed by atoms with Gasteiger partial charge in [0.15, 0.2) is 45.0 Å². The van der Waals surface area contributed by atoms with E-state index in [1.54, 1.807) is 0 Å². The predicted molar refractivity (Wildman–Crippen MR) is 130 cm³/mol. The standard InChI is InChI=1S/C21H23N3.2CHF3O3S/c1-22-14-10-18(11-15-22)4-6-20-8-9-21(24(20)3)7-5-19-12-16-23(2)17-13-19;2*2-1(3,4)8(5,6)7/h4-17H,1-3H3;2*(H,5,6,7)/q+2;;/p-2. The fourth-order valence-electron chi connectivity index (χ4n) is 2.49. The van der Waals surface area contributed by atoms with Gasteiger partial charge in [0.1, 0.15) is 14.1 Å². The third kappa shape index (κ3) is 11.7. The molecule has 0 N–H and O–H groups in total. The zero-order valence-electron chi connectivity index (χ0n) is 21.0. The summed E-state index contributed by atoms with van der Waals surface area (Å²) in [6.07, 6.45) is 16.8. The van der Waals surface area contributed by atoms with Crippen LogP contribution in [0.15, 0.2) is 61.2 Å². The molecule has 0 radical (unpaired) electrons. The Hall–Kier alpha value is -3.54. The molecule has 0 bridgehead atoms. The van der Waals surface area contributed by atoms with Gasteiger partial charge in [-0.05, 0) is 35.4 Å². The number of alkyl halides is 6. The van der Waals surface area contributed by atoms with E-state index < -0.39 is 31.3 Å². The molecule has 0 atom stereocenters. The third-order valence-electron chi connectivity index (χ3n) is 4.67. The molecule has 0 aliphatic heterocycles. The van der Waals surface area contributed by atoms with Crippen molar-refractivity contribution in [2.45, 2.75) is 11.0 Å². The molecule has 0 unspecified atom stereocenters. The number of hydrogen-bond donors (Lipinski definition) is 0. The number of hydrogen-bond acceptors (Lipinski definition) is 6. The highest BCUT2D eigenvalue weighted by Gasteiger charge is 2.37. The van der Waals surface area contributed by atoms with Crippen LogP contribution >= 0.6 is 0 Å². The monoisotopic (exact) mass is 615 g/mol. The molecule has 0 aliphatic carbocycles. The highest BCUT2D eigenvalue weighted by Crippen LogP contribution is 2.21. The van der Waals surface area contributed by atoms with E-state index in [4.69, 9.17) is 25.9 Å². The smallest absolute Gasteiger partial charge is 0.485 e. The Labute approximate surface area is 226 Å². The number of halogens is 6. The van der Waals surface area contributed by atoms with Crippen LogP contribution in [-0.2, 0) is 41.4 Å². The zero-order chi connectivity index (χ0) is 30.9. The van der Waals surface area contributed by atoms with Crippen molar-refractivity contribution in [3.05, 3.63) is 83.7 Å². The van der Waals surface area contributed by atoms with Crippen LogP contribution in [0, 0.1) is 0 Å². The maximum Gasteiger partial charge on any atom is 0.485 e. The van der Waals surface area contributed by atoms with Gasteiger partial charge in [0.2, 0.25) is 0 Å². The van der Waals surface area contributed by atoms with Gasteiger partial charge in [-0.3, -0.25) is 0 Å². The predicted octanol–water partition coefficient (Wildman–Crippen LogP) is 3.12. The summed E-state index contributed by atoms with van der Waals surface area (Å²) in [7, 11) is -6.04. The van der Waals surface area contributed by atoms with Gasteiger partial charge >= 0.3 is 11.0 Å². The highest BCUT2D eigenvalue weighted by atomic mass is 32.2. The second-order valence-electron chi connectivity index (χ2n) is 7.80. The molecule has 0 fully saturated rings. The minimum absolute atomic E-state index is 1.18. The van der Waals surface area contributed by atoms with Gasteiger partial charge in [-0.1, -0.05) is 12.2 Å². The fourth-order valence-corrected chi connectivity index (χ4v) is 2.49. The lowest BCUT2D eigenvalue weighted by Gasteiger charge is -2.08. The summed E-state index contributed by atoms with van der Waals surface area (Å²) in [4.78, 5) is 0. The van der Waals surface area contributed by atoms with Crippen molar-refractivity contribution in [2.24, 2.45) is 21.1 Å². The molecule has 0 amide bonds. The van der Waals surface area contributed by atoms with E-state index in [0.717, 1.165) is 0 Å². The molecule has 0 aliphatic rings. The van der Waals surface area contributed by atoms with Gasteiger partial charge in [-0.25, -0.2) is 26.0 Å². The maximum absolute atomic E-state index is 10.7. The molecular weight excluding hydrogens is 592 g/mol. The van der Waals surface area contributed by atoms with Gasteiger partial charge in [0, 0.05) is 42.7 Å². The fraction of sp³-hybridized carbons (Fsp3) is 0.217. The van der Waals surface area contributed by atoms with E-state index in [0.29, 0.717) is 0 Å². The van der Waals surface area contributed by atoms with Gasteiger partial charge in [0.25, 0.3) is 0 Å². The lowest BCUT2D eigenvalue weighted by Crippen LogP contribution is -2.25. The van der Waals surface area contributed by atoms with Gasteiger partial charge in [-0.2, -0.15) is 26.3 Å². The quantitative estimate of drug-likeness (QED) is 0.192. The first-order chi connectivity index (χ1) is 18.1. The van der Waals surface area contributed by atoms with Gasteiger partial charge in [-0.15, -0.1) is 0 Å². The van der Waals surface area contributed by atoms with Crippen LogP contribution in [0.1, 0.15) is 22.5 Å². The molecule has 40 heavy (non-hydrogen) atoms. The molecule has 17 heteroatoms. The van der Waals surface area contributed by atoms with Crippen LogP contribution in [0.2, 0.25) is 0 Å². The summed E-state index contributed by atoms with van der Waals surface area (Å²) in [5.41, 5.74) is -6.53. The minimum Gasteiger partial charge on any atom is -0.741 e. The zero-order valence-corrected chi connectivity index (χ0v) is 22.6. The largest absolute Gasteiger partial charge is 0.741 e. The molecule has 3 rings (SSSR count). The Kier molecular flexibility index (Phi) is 11.8. The second kappa shape index (κ2) is 13.7. The molecular formula is C23H23F6N3O6S2. The van der Waals surface area contributed by atoms with Crippen molar-refractivity contribution in [3.63, 3.8) is 0 Å². The molecule has 220 valence electrons. The van der Waals surface area contributed by atoms with E-state index in [1.165, 1.54) is 22.5 Å². The summed E-state index contributed by atoms with van der Waals surface area (Å²) in [5, 5.41) is 0. The van der Waals surface area contributed by atoms with Crippen LogP contribution < -0.4 is 9.13 Å². The lowest BCUT2D eigenvalue weighted by atomic mass is 10.2. The SMILES string of the molecule is Cn1c(/C=C/c2cc[n+](C)cc2)ccc1/C=C/c1cc[n+](C)cc1.O=S(=O)([O-])C(F)(F)F.O=S(=O)([O-])C(F)(F)F. The summed E-state index contributed by atoms with van der Waals surface area (Å²) >= 11 is 0. The highest BCUT2D eigenvalue weighted by molar-refractivity contribution is 7.86. The first kappa shape index (κ1) is 34.5. The summed E-state index contributed by atoms with van der Waals surface area (Å²) in [5.74, 6) is 0. The summed E-state index contributed by atoms with van der Waals surface area (Å²) < 4.78 is 124. The molecule has 9 nitrogen and oxygen atoms in total. The average Bonchev–Trinajstić information content (AvgIpc) is 3.16. The number of aryl methyl sites for hydroxylation is 2. The van der Waals surface area contributed by atoms with Crippen molar-refractivity contribution in [3.8, 4) is 0 Å². The maximum atomic E-state index is 10.7. The topological polar surface area (TPSA) is 127 Å². The number of pyridine rings is 2. The molecule has 3 aromatic rings. The Balaban J connectivity index is 0.000000412. The van der Waals surface area contributed by atoms with E-state index in [9.17, 15) is 26.3 Å². The number of aromatic nitrogens is 3. The molecule has 0 spiro atoms. The summed E-state index contributed by atoms with van der Waals surface area (Å²) in [6.45, 7) is 0. The first-order valence-corrected chi connectivity index (χ1v) is 13.4. The lowest BCUT2D eigenvalue weighted by molar-refractivity contribution is -0.671. The van der Waals surface area contributed by atoms with Crippen LogP contribution in [0.4, 0.5) is 26.3 Å². The third-order valence-corrected chi connectivity index (χ3v) is 5.80. The molecule has 3 aromatic heterocycles. The molecule has 0 aromatic carbocycles. The van der Waals surface area contributed by atoms with E-state index in [1.807, 2.05) is 23.2 Å². The van der Waals surface area contributed by atoms with E-state index in [-0.39, 0.29) is 0 Å². The normalized spacial score (nSPS) is 12.6. The first-order valence-electron chi connectivity index (χ1n) is 10.6.